The SMILES string of the molecule is O=S(=O)([O-])C(F)(F)C(F)(F)C(F)(F)C(F)(F)C(F)(F)CCCCC(F)(F)F.[Li+]. The first-order valence-corrected chi connectivity index (χ1v) is 7.78. The predicted octanol–water partition coefficient (Wildman–Crippen LogP) is 1.79. The molecule has 0 aliphatic rings. The van der Waals surface area contributed by atoms with Gasteiger partial charge in [0.1, 0.15) is 0 Å². The molecule has 3 nitrogen and oxygen atoms in total. The molecule has 0 radical (unpaired) electrons. The number of unbranched alkanes of at least 4 members (excludes halogenated alkanes) is 1. The smallest absolute Gasteiger partial charge is 0.743 e. The molecule has 0 unspecified atom stereocenters. The maximum Gasteiger partial charge on any atom is 1.00 e. The molecule has 0 N–H and O–H groups in total. The van der Waals surface area contributed by atoms with Crippen LogP contribution in [0.15, 0.2) is 0 Å². The Morgan fingerprint density at radius 3 is 1.29 bits per heavy atom. The maximum absolute atomic E-state index is 13.2. The molecule has 0 fully saturated rings. The van der Waals surface area contributed by atoms with Crippen molar-refractivity contribution in [3.05, 3.63) is 0 Å². The second-order valence-electron chi connectivity index (χ2n) is 5.22. The van der Waals surface area contributed by atoms with E-state index >= 15 is 0 Å². The summed E-state index contributed by atoms with van der Waals surface area (Å²) in [4.78, 5) is 0. The van der Waals surface area contributed by atoms with E-state index in [1.165, 1.54) is 0 Å². The van der Waals surface area contributed by atoms with Gasteiger partial charge in [-0.3, -0.25) is 0 Å². The van der Waals surface area contributed by atoms with Crippen molar-refractivity contribution < 1.29 is 88.9 Å². The third-order valence-corrected chi connectivity index (χ3v) is 4.01. The minimum atomic E-state index is -7.78. The van der Waals surface area contributed by atoms with Crippen LogP contribution in [-0.2, 0) is 10.1 Å². The van der Waals surface area contributed by atoms with Crippen LogP contribution in [-0.4, -0.2) is 48.1 Å². The Morgan fingerprint density at radius 1 is 0.607 bits per heavy atom. The molecule has 0 aromatic rings. The molecule has 0 aromatic heterocycles. The van der Waals surface area contributed by atoms with E-state index in [9.17, 15) is 70.0 Å². The summed E-state index contributed by atoms with van der Waals surface area (Å²) in [5.74, 6) is -29.2. The van der Waals surface area contributed by atoms with Crippen molar-refractivity contribution in [2.24, 2.45) is 0 Å². The summed E-state index contributed by atoms with van der Waals surface area (Å²) in [6, 6.07) is 0. The normalized spacial score (nSPS) is 15.4. The van der Waals surface area contributed by atoms with Crippen LogP contribution in [0.3, 0.4) is 0 Å². The van der Waals surface area contributed by atoms with Gasteiger partial charge in [0.05, 0.1) is 0 Å². The van der Waals surface area contributed by atoms with Crippen LogP contribution >= 0.6 is 0 Å². The van der Waals surface area contributed by atoms with E-state index < -0.39 is 70.9 Å². The molecule has 18 heteroatoms. The van der Waals surface area contributed by atoms with Gasteiger partial charge in [-0.25, -0.2) is 8.42 Å². The van der Waals surface area contributed by atoms with Crippen molar-refractivity contribution in [1.29, 1.82) is 0 Å². The topological polar surface area (TPSA) is 57.2 Å². The third-order valence-electron chi connectivity index (χ3n) is 3.13. The molecular formula is C10H8F13LiO3S. The Hall–Kier alpha value is -0.403. The molecule has 0 saturated carbocycles. The standard InChI is InChI=1S/C10H9F13O3S.Li/c11-5(12,3-1-2-4-6(13,14)15)7(16,17)8(18,19)9(20,21)10(22,23)27(24,25)26;/h1-4H2,(H,24,25,26);/q;+1/p-1. The van der Waals surface area contributed by atoms with Gasteiger partial charge in [0, 0.05) is 12.8 Å². The van der Waals surface area contributed by atoms with Gasteiger partial charge in [-0.05, 0) is 12.8 Å². The summed E-state index contributed by atoms with van der Waals surface area (Å²) in [5.41, 5.74) is 0. The molecule has 0 aliphatic heterocycles. The van der Waals surface area contributed by atoms with Gasteiger partial charge in [0.2, 0.25) is 0 Å². The predicted molar refractivity (Wildman–Crippen MR) is 59.0 cm³/mol. The fourth-order valence-electron chi connectivity index (χ4n) is 1.60. The van der Waals surface area contributed by atoms with Crippen molar-refractivity contribution in [3.63, 3.8) is 0 Å². The fraction of sp³-hybridized carbons (Fsp3) is 1.00. The van der Waals surface area contributed by atoms with Crippen LogP contribution in [0.2, 0.25) is 0 Å². The maximum atomic E-state index is 13.2. The first kappa shape index (κ1) is 29.8. The van der Waals surface area contributed by atoms with Crippen molar-refractivity contribution in [2.45, 2.75) is 60.8 Å². The van der Waals surface area contributed by atoms with Crippen molar-refractivity contribution in [3.8, 4) is 0 Å². The first-order valence-electron chi connectivity index (χ1n) is 6.37. The summed E-state index contributed by atoms with van der Waals surface area (Å²) in [7, 11) is -7.70. The largest absolute Gasteiger partial charge is 1.00 e. The Kier molecular flexibility index (Phi) is 8.92. The molecule has 28 heavy (non-hydrogen) atoms. The molecule has 0 heterocycles. The van der Waals surface area contributed by atoms with E-state index in [1.54, 1.807) is 0 Å². The average Bonchev–Trinajstić information content (AvgIpc) is 2.40. The second-order valence-corrected chi connectivity index (χ2v) is 6.64. The molecular weight excluding hydrogens is 454 g/mol. The van der Waals surface area contributed by atoms with Gasteiger partial charge >= 0.3 is 54.0 Å². The van der Waals surface area contributed by atoms with Crippen LogP contribution < -0.4 is 18.9 Å². The van der Waals surface area contributed by atoms with E-state index in [4.69, 9.17) is 0 Å². The van der Waals surface area contributed by atoms with Gasteiger partial charge in [-0.15, -0.1) is 0 Å². The third kappa shape index (κ3) is 5.39. The van der Waals surface area contributed by atoms with Gasteiger partial charge < -0.3 is 4.55 Å². The zero-order chi connectivity index (χ0) is 22.3. The Labute approximate surface area is 160 Å². The summed E-state index contributed by atoms with van der Waals surface area (Å²) in [5, 5.41) is -7.40. The average molecular weight is 462 g/mol. The minimum Gasteiger partial charge on any atom is -0.743 e. The molecule has 0 rings (SSSR count). The molecule has 0 saturated heterocycles. The van der Waals surface area contributed by atoms with Crippen molar-refractivity contribution >= 4 is 10.1 Å². The van der Waals surface area contributed by atoms with E-state index in [-0.39, 0.29) is 18.9 Å². The van der Waals surface area contributed by atoms with Crippen LogP contribution in [0.5, 0.6) is 0 Å². The van der Waals surface area contributed by atoms with Crippen LogP contribution in [0.25, 0.3) is 0 Å². The van der Waals surface area contributed by atoms with E-state index in [0.29, 0.717) is 0 Å². The first-order chi connectivity index (χ1) is 11.5. The molecule has 0 bridgehead atoms. The number of hydrogen-bond acceptors (Lipinski definition) is 3. The molecule has 0 aromatic carbocycles. The number of rotatable bonds is 9. The number of hydrogen-bond donors (Lipinski definition) is 0. The van der Waals surface area contributed by atoms with Gasteiger partial charge in [-0.2, -0.15) is 57.1 Å². The van der Waals surface area contributed by atoms with Gasteiger partial charge in [0.15, 0.2) is 10.1 Å². The number of alkyl halides is 13. The second kappa shape index (κ2) is 8.38. The molecule has 0 atom stereocenters. The molecule has 0 amide bonds. The van der Waals surface area contributed by atoms with Crippen LogP contribution in [0.1, 0.15) is 25.7 Å². The number of halogens is 13. The van der Waals surface area contributed by atoms with Crippen molar-refractivity contribution in [1.82, 2.24) is 0 Å². The van der Waals surface area contributed by atoms with Crippen LogP contribution in [0, 0.1) is 0 Å². The quantitative estimate of drug-likeness (QED) is 0.227. The minimum absolute atomic E-state index is 0. The van der Waals surface area contributed by atoms with Gasteiger partial charge in [0.25, 0.3) is 0 Å². The zero-order valence-electron chi connectivity index (χ0n) is 13.4. The Balaban J connectivity index is 0. The van der Waals surface area contributed by atoms with E-state index in [1.807, 2.05) is 0 Å². The summed E-state index contributed by atoms with van der Waals surface area (Å²) >= 11 is 0. The van der Waals surface area contributed by atoms with Crippen LogP contribution in [0.4, 0.5) is 57.1 Å². The summed E-state index contributed by atoms with van der Waals surface area (Å²) in [6.45, 7) is 0. The zero-order valence-corrected chi connectivity index (χ0v) is 14.2. The monoisotopic (exact) mass is 462 g/mol. The van der Waals surface area contributed by atoms with Crippen molar-refractivity contribution in [2.75, 3.05) is 0 Å². The fourth-order valence-corrected chi connectivity index (χ4v) is 2.04. The summed E-state index contributed by atoms with van der Waals surface area (Å²) in [6.07, 6.45) is -12.2. The van der Waals surface area contributed by atoms with E-state index in [0.717, 1.165) is 0 Å². The Bertz CT molecular complexity index is 629. The molecule has 0 aliphatic carbocycles. The van der Waals surface area contributed by atoms with Gasteiger partial charge in [-0.1, -0.05) is 0 Å². The molecule has 0 spiro atoms. The Morgan fingerprint density at radius 2 is 0.964 bits per heavy atom. The molecule has 164 valence electrons. The van der Waals surface area contributed by atoms with E-state index in [2.05, 4.69) is 0 Å². The summed E-state index contributed by atoms with van der Waals surface area (Å²) < 4.78 is 196.